The standard InChI is InChI=1S/C11H13IO2/c1-9(12)7-11(13)14-8-10-5-3-2-4-6-10/h2-6,9H,7-8H2,1H3. The van der Waals surface area contributed by atoms with E-state index in [2.05, 4.69) is 22.6 Å². The number of carbonyl (C=O) groups excluding carboxylic acids is 1. The van der Waals surface area contributed by atoms with E-state index in [0.717, 1.165) is 5.56 Å². The summed E-state index contributed by atoms with van der Waals surface area (Å²) in [6.45, 7) is 2.37. The summed E-state index contributed by atoms with van der Waals surface area (Å²) in [4.78, 5) is 11.2. The minimum atomic E-state index is -0.129. The first-order valence-corrected chi connectivity index (χ1v) is 5.76. The van der Waals surface area contributed by atoms with Crippen LogP contribution >= 0.6 is 22.6 Å². The van der Waals surface area contributed by atoms with Gasteiger partial charge in [-0.25, -0.2) is 0 Å². The van der Waals surface area contributed by atoms with Crippen LogP contribution in [-0.2, 0) is 16.1 Å². The van der Waals surface area contributed by atoms with Crippen LogP contribution in [0.3, 0.4) is 0 Å². The second kappa shape index (κ2) is 6.01. The van der Waals surface area contributed by atoms with Gasteiger partial charge in [-0.05, 0) is 5.56 Å². The molecular weight excluding hydrogens is 291 g/mol. The van der Waals surface area contributed by atoms with E-state index in [1.807, 2.05) is 37.3 Å². The molecule has 0 heterocycles. The lowest BCUT2D eigenvalue weighted by Crippen LogP contribution is -2.08. The summed E-state index contributed by atoms with van der Waals surface area (Å²) in [5.74, 6) is -0.129. The Labute approximate surface area is 97.8 Å². The quantitative estimate of drug-likeness (QED) is 0.486. The Kier molecular flexibility index (Phi) is 4.93. The van der Waals surface area contributed by atoms with Crippen LogP contribution in [-0.4, -0.2) is 9.89 Å². The van der Waals surface area contributed by atoms with Crippen LogP contribution in [0.25, 0.3) is 0 Å². The highest BCUT2D eigenvalue weighted by Crippen LogP contribution is 2.07. The maximum Gasteiger partial charge on any atom is 0.307 e. The second-order valence-corrected chi connectivity index (χ2v) is 5.26. The summed E-state index contributed by atoms with van der Waals surface area (Å²) in [7, 11) is 0. The largest absolute Gasteiger partial charge is 0.461 e. The minimum absolute atomic E-state index is 0.129. The van der Waals surface area contributed by atoms with Crippen LogP contribution in [0.5, 0.6) is 0 Å². The average molecular weight is 304 g/mol. The molecular formula is C11H13IO2. The van der Waals surface area contributed by atoms with Crippen LogP contribution < -0.4 is 0 Å². The topological polar surface area (TPSA) is 26.3 Å². The Morgan fingerprint density at radius 1 is 1.43 bits per heavy atom. The van der Waals surface area contributed by atoms with Gasteiger partial charge in [0.1, 0.15) is 6.61 Å². The van der Waals surface area contributed by atoms with Crippen LogP contribution in [0.1, 0.15) is 18.9 Å². The van der Waals surface area contributed by atoms with Gasteiger partial charge in [0, 0.05) is 3.92 Å². The molecule has 0 spiro atoms. The van der Waals surface area contributed by atoms with Gasteiger partial charge in [-0.2, -0.15) is 0 Å². The van der Waals surface area contributed by atoms with Crippen molar-refractivity contribution >= 4 is 28.6 Å². The van der Waals surface area contributed by atoms with E-state index in [1.54, 1.807) is 0 Å². The number of hydrogen-bond donors (Lipinski definition) is 0. The summed E-state index contributed by atoms with van der Waals surface area (Å²) < 4.78 is 5.42. The first kappa shape index (κ1) is 11.5. The van der Waals surface area contributed by atoms with E-state index in [4.69, 9.17) is 4.74 Å². The van der Waals surface area contributed by atoms with Gasteiger partial charge >= 0.3 is 5.97 Å². The van der Waals surface area contributed by atoms with Crippen molar-refractivity contribution in [3.05, 3.63) is 35.9 Å². The molecule has 0 N–H and O–H groups in total. The van der Waals surface area contributed by atoms with Crippen molar-refractivity contribution in [1.82, 2.24) is 0 Å². The zero-order valence-corrected chi connectivity index (χ0v) is 10.2. The molecule has 1 rings (SSSR count). The molecule has 3 heteroatoms. The first-order chi connectivity index (χ1) is 6.68. The third-order valence-corrected chi connectivity index (χ3v) is 2.13. The van der Waals surface area contributed by atoms with Gasteiger partial charge in [0.25, 0.3) is 0 Å². The Bertz CT molecular complexity index is 283. The van der Waals surface area contributed by atoms with E-state index >= 15 is 0 Å². The molecule has 0 radical (unpaired) electrons. The second-order valence-electron chi connectivity index (χ2n) is 3.13. The molecule has 0 aliphatic carbocycles. The Morgan fingerprint density at radius 2 is 2.07 bits per heavy atom. The maximum atomic E-state index is 11.2. The molecule has 1 aromatic carbocycles. The summed E-state index contributed by atoms with van der Waals surface area (Å²) in [5.41, 5.74) is 1.03. The van der Waals surface area contributed by atoms with Crippen molar-refractivity contribution in [2.45, 2.75) is 23.9 Å². The fourth-order valence-electron chi connectivity index (χ4n) is 1.03. The molecule has 2 nitrogen and oxygen atoms in total. The molecule has 1 aromatic rings. The molecule has 0 saturated heterocycles. The monoisotopic (exact) mass is 304 g/mol. The predicted octanol–water partition coefficient (Wildman–Crippen LogP) is 2.94. The SMILES string of the molecule is CC(I)CC(=O)OCc1ccccc1. The predicted molar refractivity (Wildman–Crippen MR) is 64.3 cm³/mol. The summed E-state index contributed by atoms with van der Waals surface area (Å²) >= 11 is 2.21. The fourth-order valence-corrected chi connectivity index (χ4v) is 1.39. The first-order valence-electron chi connectivity index (χ1n) is 4.52. The van der Waals surface area contributed by atoms with E-state index in [-0.39, 0.29) is 5.97 Å². The van der Waals surface area contributed by atoms with Crippen molar-refractivity contribution in [2.24, 2.45) is 0 Å². The number of ether oxygens (including phenoxy) is 1. The van der Waals surface area contributed by atoms with Crippen molar-refractivity contribution in [1.29, 1.82) is 0 Å². The summed E-state index contributed by atoms with van der Waals surface area (Å²) in [6, 6.07) is 9.70. The highest BCUT2D eigenvalue weighted by molar-refractivity contribution is 14.1. The van der Waals surface area contributed by atoms with Gasteiger partial charge in [0.2, 0.25) is 0 Å². The molecule has 76 valence electrons. The number of hydrogen-bond acceptors (Lipinski definition) is 2. The van der Waals surface area contributed by atoms with Crippen LogP contribution in [0.15, 0.2) is 30.3 Å². The van der Waals surface area contributed by atoms with Gasteiger partial charge < -0.3 is 4.74 Å². The lowest BCUT2D eigenvalue weighted by atomic mass is 10.2. The van der Waals surface area contributed by atoms with Gasteiger partial charge in [-0.3, -0.25) is 4.79 Å². The Hall–Kier alpha value is -0.580. The Morgan fingerprint density at radius 3 is 2.64 bits per heavy atom. The molecule has 0 aromatic heterocycles. The van der Waals surface area contributed by atoms with Crippen molar-refractivity contribution in [2.75, 3.05) is 0 Å². The van der Waals surface area contributed by atoms with Crippen molar-refractivity contribution in [3.8, 4) is 0 Å². The Balaban J connectivity index is 2.31. The lowest BCUT2D eigenvalue weighted by molar-refractivity contribution is -0.144. The van der Waals surface area contributed by atoms with E-state index < -0.39 is 0 Å². The zero-order chi connectivity index (χ0) is 10.4. The van der Waals surface area contributed by atoms with Gasteiger partial charge in [-0.1, -0.05) is 59.8 Å². The van der Waals surface area contributed by atoms with Crippen molar-refractivity contribution < 1.29 is 9.53 Å². The number of esters is 1. The third-order valence-electron chi connectivity index (χ3n) is 1.69. The average Bonchev–Trinajstić information content (AvgIpc) is 2.15. The summed E-state index contributed by atoms with van der Waals surface area (Å²) in [5, 5.41) is 0. The lowest BCUT2D eigenvalue weighted by Gasteiger charge is -2.05. The number of carbonyl (C=O) groups is 1. The van der Waals surface area contributed by atoms with Gasteiger partial charge in [-0.15, -0.1) is 0 Å². The van der Waals surface area contributed by atoms with Crippen molar-refractivity contribution in [3.63, 3.8) is 0 Å². The van der Waals surface area contributed by atoms with E-state index in [1.165, 1.54) is 0 Å². The number of benzene rings is 1. The maximum absolute atomic E-state index is 11.2. The third kappa shape index (κ3) is 4.60. The molecule has 0 aliphatic heterocycles. The molecule has 0 bridgehead atoms. The van der Waals surface area contributed by atoms with Gasteiger partial charge in [0.05, 0.1) is 6.42 Å². The molecule has 0 aliphatic rings. The van der Waals surface area contributed by atoms with E-state index in [9.17, 15) is 4.79 Å². The number of alkyl halides is 1. The van der Waals surface area contributed by atoms with E-state index in [0.29, 0.717) is 17.0 Å². The molecule has 1 atom stereocenters. The van der Waals surface area contributed by atoms with Crippen LogP contribution in [0, 0.1) is 0 Å². The molecule has 0 saturated carbocycles. The molecule has 1 unspecified atom stereocenters. The zero-order valence-electron chi connectivity index (χ0n) is 8.07. The highest BCUT2D eigenvalue weighted by atomic mass is 127. The molecule has 0 amide bonds. The normalized spacial score (nSPS) is 12.1. The number of halogens is 1. The van der Waals surface area contributed by atoms with Crippen LogP contribution in [0.4, 0.5) is 0 Å². The number of rotatable bonds is 4. The minimum Gasteiger partial charge on any atom is -0.461 e. The molecule has 14 heavy (non-hydrogen) atoms. The highest BCUT2D eigenvalue weighted by Gasteiger charge is 2.06. The smallest absolute Gasteiger partial charge is 0.307 e. The molecule has 0 fully saturated rings. The summed E-state index contributed by atoms with van der Waals surface area (Å²) in [6.07, 6.45) is 0.480. The van der Waals surface area contributed by atoms with Gasteiger partial charge in [0.15, 0.2) is 0 Å². The fraction of sp³-hybridized carbons (Fsp3) is 0.364. The van der Waals surface area contributed by atoms with Crippen LogP contribution in [0.2, 0.25) is 0 Å².